The number of hydrogen-bond acceptors (Lipinski definition) is 3. The van der Waals surface area contributed by atoms with Crippen LogP contribution in [0.1, 0.15) is 34.3 Å². The van der Waals surface area contributed by atoms with Crippen LogP contribution in [-0.4, -0.2) is 24.8 Å². The summed E-state index contributed by atoms with van der Waals surface area (Å²) < 4.78 is 5.75. The molecule has 0 aliphatic carbocycles. The first-order chi connectivity index (χ1) is 12.0. The number of amides is 1. The van der Waals surface area contributed by atoms with Gasteiger partial charge in [-0.1, -0.05) is 17.7 Å². The number of halogens is 1. The number of Topliss-reactive ketones (excluding diaryl/α,β-unsaturated/α-hetero) is 1. The number of carbonyl (C=O) groups is 2. The Bertz CT molecular complexity index is 832. The topological polar surface area (TPSA) is 46.6 Å². The molecule has 0 aromatic heterocycles. The number of anilines is 1. The number of ketones is 1. The van der Waals surface area contributed by atoms with E-state index in [4.69, 9.17) is 16.3 Å². The molecule has 5 heteroatoms. The van der Waals surface area contributed by atoms with Gasteiger partial charge in [0.25, 0.3) is 11.7 Å². The summed E-state index contributed by atoms with van der Waals surface area (Å²) in [5.41, 5.74) is 3.48. The van der Waals surface area contributed by atoms with Gasteiger partial charge in [-0.2, -0.15) is 0 Å². The minimum Gasteiger partial charge on any atom is -0.494 e. The van der Waals surface area contributed by atoms with Gasteiger partial charge in [0.15, 0.2) is 0 Å². The largest absolute Gasteiger partial charge is 0.494 e. The highest BCUT2D eigenvalue weighted by molar-refractivity contribution is 6.52. The van der Waals surface area contributed by atoms with Crippen LogP contribution in [0, 0.1) is 13.8 Å². The van der Waals surface area contributed by atoms with Crippen molar-refractivity contribution in [2.24, 2.45) is 0 Å². The fraction of sp³-hybridized carbons (Fsp3) is 0.300. The highest BCUT2D eigenvalue weighted by Gasteiger charge is 2.35. The zero-order chi connectivity index (χ0) is 18.0. The maximum atomic E-state index is 12.1. The predicted molar refractivity (Wildman–Crippen MR) is 98.8 cm³/mol. The summed E-state index contributed by atoms with van der Waals surface area (Å²) in [5, 5.41) is 0.462. The number of fused-ring (bicyclic) bond motifs is 1. The molecule has 0 bridgehead atoms. The maximum Gasteiger partial charge on any atom is 0.299 e. The van der Waals surface area contributed by atoms with Crippen molar-refractivity contribution < 1.29 is 14.3 Å². The molecule has 0 saturated carbocycles. The molecule has 25 heavy (non-hydrogen) atoms. The first kappa shape index (κ1) is 17.5. The highest BCUT2D eigenvalue weighted by atomic mass is 35.5. The number of nitrogens with zero attached hydrogens (tertiary/aromatic N) is 1. The summed E-state index contributed by atoms with van der Waals surface area (Å²) in [5.74, 6) is -0.105. The molecular formula is C20H20ClNO3. The zero-order valence-corrected chi connectivity index (χ0v) is 15.1. The molecular weight excluding hydrogens is 338 g/mol. The Kier molecular flexibility index (Phi) is 5.09. The Balaban J connectivity index is 1.52. The molecule has 4 nitrogen and oxygen atoms in total. The molecule has 1 aliphatic rings. The van der Waals surface area contributed by atoms with Crippen molar-refractivity contribution in [2.45, 2.75) is 26.7 Å². The van der Waals surface area contributed by atoms with E-state index in [0.717, 1.165) is 18.6 Å². The van der Waals surface area contributed by atoms with Crippen molar-refractivity contribution in [1.82, 2.24) is 0 Å². The van der Waals surface area contributed by atoms with Crippen LogP contribution >= 0.6 is 11.6 Å². The average Bonchev–Trinajstić information content (AvgIpc) is 2.82. The van der Waals surface area contributed by atoms with Crippen molar-refractivity contribution in [3.05, 3.63) is 58.1 Å². The molecule has 130 valence electrons. The second kappa shape index (κ2) is 7.28. The van der Waals surface area contributed by atoms with Crippen molar-refractivity contribution in [3.63, 3.8) is 0 Å². The number of aryl methyl sites for hydroxylation is 2. The molecule has 1 aliphatic heterocycles. The summed E-state index contributed by atoms with van der Waals surface area (Å²) in [6.45, 7) is 5.20. The smallest absolute Gasteiger partial charge is 0.299 e. The molecule has 3 rings (SSSR count). The number of carbonyl (C=O) groups excluding carboxylic acids is 2. The van der Waals surface area contributed by atoms with E-state index in [1.807, 2.05) is 18.2 Å². The minimum absolute atomic E-state index is 0.392. The molecule has 2 aromatic rings. The van der Waals surface area contributed by atoms with Gasteiger partial charge in [-0.15, -0.1) is 0 Å². The molecule has 0 N–H and O–H groups in total. The fourth-order valence-electron chi connectivity index (χ4n) is 2.86. The molecule has 2 aromatic carbocycles. The second-order valence-corrected chi connectivity index (χ2v) is 6.69. The number of hydrogen-bond donors (Lipinski definition) is 0. The average molecular weight is 358 g/mol. The van der Waals surface area contributed by atoms with E-state index in [1.54, 1.807) is 18.2 Å². The quantitative estimate of drug-likeness (QED) is 0.570. The lowest BCUT2D eigenvalue weighted by molar-refractivity contribution is -0.114. The van der Waals surface area contributed by atoms with Crippen LogP contribution in [0.15, 0.2) is 36.4 Å². The monoisotopic (exact) mass is 357 g/mol. The number of ether oxygens (including phenoxy) is 1. The lowest BCUT2D eigenvalue weighted by Gasteiger charge is -2.16. The maximum absolute atomic E-state index is 12.1. The molecule has 1 amide bonds. The summed E-state index contributed by atoms with van der Waals surface area (Å²) in [6.07, 6.45) is 1.56. The van der Waals surface area contributed by atoms with E-state index >= 15 is 0 Å². The van der Waals surface area contributed by atoms with E-state index in [9.17, 15) is 9.59 Å². The normalized spacial score (nSPS) is 13.3. The third-order valence-corrected chi connectivity index (χ3v) is 4.69. The summed E-state index contributed by atoms with van der Waals surface area (Å²) >= 11 is 5.91. The van der Waals surface area contributed by atoms with Gasteiger partial charge in [0.1, 0.15) is 5.75 Å². The van der Waals surface area contributed by atoms with Crippen LogP contribution in [0.5, 0.6) is 5.75 Å². The molecule has 0 radical (unpaired) electrons. The van der Waals surface area contributed by atoms with E-state index < -0.39 is 11.7 Å². The third kappa shape index (κ3) is 3.69. The van der Waals surface area contributed by atoms with E-state index in [2.05, 4.69) is 13.8 Å². The van der Waals surface area contributed by atoms with E-state index in [-0.39, 0.29) is 0 Å². The Morgan fingerprint density at radius 1 is 1.00 bits per heavy atom. The summed E-state index contributed by atoms with van der Waals surface area (Å²) in [4.78, 5) is 25.7. The van der Waals surface area contributed by atoms with Crippen LogP contribution < -0.4 is 9.64 Å². The molecule has 0 saturated heterocycles. The lowest BCUT2D eigenvalue weighted by Crippen LogP contribution is -2.30. The van der Waals surface area contributed by atoms with E-state index in [1.165, 1.54) is 16.0 Å². The molecule has 1 heterocycles. The lowest BCUT2D eigenvalue weighted by atomic mass is 10.1. The first-order valence-corrected chi connectivity index (χ1v) is 8.71. The van der Waals surface area contributed by atoms with Crippen LogP contribution in [0.25, 0.3) is 0 Å². The van der Waals surface area contributed by atoms with Gasteiger partial charge in [-0.05, 0) is 68.1 Å². The van der Waals surface area contributed by atoms with Gasteiger partial charge in [-0.25, -0.2) is 0 Å². The zero-order valence-electron chi connectivity index (χ0n) is 14.3. The van der Waals surface area contributed by atoms with Crippen molar-refractivity contribution in [1.29, 1.82) is 0 Å². The van der Waals surface area contributed by atoms with Crippen molar-refractivity contribution in [3.8, 4) is 5.75 Å². The minimum atomic E-state index is -0.483. The molecule has 0 atom stereocenters. The Labute approximate surface area is 152 Å². The summed E-state index contributed by atoms with van der Waals surface area (Å²) in [7, 11) is 0. The van der Waals surface area contributed by atoms with Gasteiger partial charge in [0.05, 0.1) is 17.9 Å². The summed E-state index contributed by atoms with van der Waals surface area (Å²) in [6, 6.07) is 11.0. The van der Waals surface area contributed by atoms with Gasteiger partial charge in [0, 0.05) is 11.6 Å². The Morgan fingerprint density at radius 3 is 2.56 bits per heavy atom. The van der Waals surface area contributed by atoms with Crippen LogP contribution in [0.2, 0.25) is 5.02 Å². The Hall–Kier alpha value is -2.33. The standard InChI is InChI=1S/C20H20ClNO3/c1-13-5-7-16(11-14(13)2)25-10-4-3-9-22-18-8-6-15(21)12-17(18)19(23)20(22)24/h5-8,11-12H,3-4,9-10H2,1-2H3. The van der Waals surface area contributed by atoms with Crippen LogP contribution in [0.4, 0.5) is 5.69 Å². The molecule has 0 fully saturated rings. The SMILES string of the molecule is Cc1ccc(OCCCCN2C(=O)C(=O)c3cc(Cl)ccc32)cc1C. The molecule has 0 unspecified atom stereocenters. The van der Waals surface area contributed by atoms with Gasteiger partial charge in [-0.3, -0.25) is 9.59 Å². The van der Waals surface area contributed by atoms with Crippen molar-refractivity contribution in [2.75, 3.05) is 18.1 Å². The highest BCUT2D eigenvalue weighted by Crippen LogP contribution is 2.31. The third-order valence-electron chi connectivity index (χ3n) is 4.46. The van der Waals surface area contributed by atoms with Crippen LogP contribution in [0.3, 0.4) is 0 Å². The fourth-order valence-corrected chi connectivity index (χ4v) is 3.03. The number of benzene rings is 2. The van der Waals surface area contributed by atoms with Gasteiger partial charge < -0.3 is 9.64 Å². The van der Waals surface area contributed by atoms with E-state index in [0.29, 0.717) is 29.4 Å². The molecule has 0 spiro atoms. The van der Waals surface area contributed by atoms with Gasteiger partial charge >= 0.3 is 0 Å². The van der Waals surface area contributed by atoms with Gasteiger partial charge in [0.2, 0.25) is 0 Å². The predicted octanol–water partition coefficient (Wildman–Crippen LogP) is 4.35. The first-order valence-electron chi connectivity index (χ1n) is 8.33. The number of rotatable bonds is 6. The van der Waals surface area contributed by atoms with Crippen LogP contribution in [-0.2, 0) is 4.79 Å². The van der Waals surface area contributed by atoms with Crippen molar-refractivity contribution >= 4 is 29.0 Å². The number of unbranched alkanes of at least 4 members (excludes halogenated alkanes) is 1. The second-order valence-electron chi connectivity index (χ2n) is 6.25. The Morgan fingerprint density at radius 2 is 1.80 bits per heavy atom.